The molecule has 0 fully saturated rings. The average Bonchev–Trinajstić information content (AvgIpc) is 2.59. The number of ether oxygens (including phenoxy) is 4. The van der Waals surface area contributed by atoms with E-state index in [0.717, 1.165) is 28.4 Å². The van der Waals surface area contributed by atoms with Crippen molar-refractivity contribution in [1.82, 2.24) is 0 Å². The molecule has 0 bridgehead atoms. The molecule has 0 N–H and O–H groups in total. The van der Waals surface area contributed by atoms with Crippen LogP contribution in [0, 0.1) is 11.6 Å². The maximum Gasteiger partial charge on any atom is 0.341 e. The van der Waals surface area contributed by atoms with Gasteiger partial charge in [-0.05, 0) is 0 Å². The summed E-state index contributed by atoms with van der Waals surface area (Å²) in [6, 6.07) is 0. The molecule has 130 valence electrons. The van der Waals surface area contributed by atoms with Gasteiger partial charge in [0, 0.05) is 0 Å². The molecule has 0 aliphatic rings. The fourth-order valence-corrected chi connectivity index (χ4v) is 1.86. The van der Waals surface area contributed by atoms with E-state index in [1.165, 1.54) is 0 Å². The molecular formula is C14H12F2O8. The van der Waals surface area contributed by atoms with Crippen LogP contribution in [0.5, 0.6) is 0 Å². The molecule has 0 aliphatic carbocycles. The first-order valence-corrected chi connectivity index (χ1v) is 6.14. The van der Waals surface area contributed by atoms with Crippen LogP contribution < -0.4 is 0 Å². The van der Waals surface area contributed by atoms with E-state index in [2.05, 4.69) is 18.9 Å². The smallest absolute Gasteiger partial charge is 0.341 e. The minimum absolute atomic E-state index is 0.840. The first-order chi connectivity index (χ1) is 11.3. The van der Waals surface area contributed by atoms with Crippen molar-refractivity contribution in [3.8, 4) is 0 Å². The van der Waals surface area contributed by atoms with Crippen LogP contribution in [0.25, 0.3) is 0 Å². The molecule has 1 aromatic rings. The van der Waals surface area contributed by atoms with Gasteiger partial charge in [0.05, 0.1) is 28.4 Å². The Hall–Kier alpha value is -3.04. The number of carbonyl (C=O) groups excluding carboxylic acids is 4. The Bertz CT molecular complexity index is 608. The first-order valence-electron chi connectivity index (χ1n) is 6.14. The van der Waals surface area contributed by atoms with Gasteiger partial charge in [-0.3, -0.25) is 0 Å². The summed E-state index contributed by atoms with van der Waals surface area (Å²) >= 11 is 0. The second kappa shape index (κ2) is 7.49. The highest BCUT2D eigenvalue weighted by atomic mass is 19.1. The van der Waals surface area contributed by atoms with E-state index in [0.29, 0.717) is 0 Å². The summed E-state index contributed by atoms with van der Waals surface area (Å²) in [5, 5.41) is 0. The maximum absolute atomic E-state index is 14.7. The van der Waals surface area contributed by atoms with Crippen molar-refractivity contribution in [2.75, 3.05) is 28.4 Å². The predicted molar refractivity (Wildman–Crippen MR) is 71.7 cm³/mol. The van der Waals surface area contributed by atoms with Gasteiger partial charge >= 0.3 is 23.9 Å². The standard InChI is InChI=1S/C14H12F2O8/c1-21-11(17)5-6(12(18)22-2)10(16)8(14(20)24-4)7(9(5)15)13(19)23-3/h1-4H3. The largest absolute Gasteiger partial charge is 0.465 e. The van der Waals surface area contributed by atoms with E-state index in [9.17, 15) is 28.0 Å². The number of hydrogen-bond acceptors (Lipinski definition) is 8. The quantitative estimate of drug-likeness (QED) is 0.590. The van der Waals surface area contributed by atoms with E-state index in [4.69, 9.17) is 0 Å². The lowest BCUT2D eigenvalue weighted by Gasteiger charge is -2.15. The van der Waals surface area contributed by atoms with Crippen molar-refractivity contribution in [1.29, 1.82) is 0 Å². The van der Waals surface area contributed by atoms with Gasteiger partial charge in [-0.2, -0.15) is 0 Å². The second-order valence-electron chi connectivity index (χ2n) is 4.09. The Balaban J connectivity index is 4.08. The van der Waals surface area contributed by atoms with Crippen molar-refractivity contribution in [3.05, 3.63) is 33.9 Å². The summed E-state index contributed by atoms with van der Waals surface area (Å²) in [5.74, 6) is -9.23. The highest BCUT2D eigenvalue weighted by Gasteiger charge is 2.38. The molecule has 10 heteroatoms. The van der Waals surface area contributed by atoms with Crippen molar-refractivity contribution >= 4 is 23.9 Å². The van der Waals surface area contributed by atoms with Crippen molar-refractivity contribution in [2.24, 2.45) is 0 Å². The molecule has 0 heterocycles. The molecule has 0 saturated carbocycles. The number of esters is 4. The van der Waals surface area contributed by atoms with Crippen LogP contribution in [0.2, 0.25) is 0 Å². The molecule has 1 rings (SSSR count). The number of carbonyl (C=O) groups is 4. The van der Waals surface area contributed by atoms with Crippen LogP contribution in [0.1, 0.15) is 41.4 Å². The van der Waals surface area contributed by atoms with Gasteiger partial charge in [0.2, 0.25) is 0 Å². The van der Waals surface area contributed by atoms with Gasteiger partial charge in [0.1, 0.15) is 22.3 Å². The Labute approximate surface area is 134 Å². The third kappa shape index (κ3) is 3.03. The number of methoxy groups -OCH3 is 4. The third-order valence-electron chi connectivity index (χ3n) is 2.94. The van der Waals surface area contributed by atoms with E-state index >= 15 is 0 Å². The molecule has 0 unspecified atom stereocenters. The van der Waals surface area contributed by atoms with Crippen LogP contribution in [0.15, 0.2) is 0 Å². The Morgan fingerprint density at radius 1 is 0.542 bits per heavy atom. The van der Waals surface area contributed by atoms with Crippen LogP contribution in [-0.4, -0.2) is 52.3 Å². The molecule has 8 nitrogen and oxygen atoms in total. The molecule has 0 saturated heterocycles. The Morgan fingerprint density at radius 2 is 0.708 bits per heavy atom. The van der Waals surface area contributed by atoms with Gasteiger partial charge in [0.15, 0.2) is 11.6 Å². The molecule has 1 aromatic carbocycles. The van der Waals surface area contributed by atoms with Gasteiger partial charge in [-0.25, -0.2) is 28.0 Å². The molecule has 24 heavy (non-hydrogen) atoms. The second-order valence-corrected chi connectivity index (χ2v) is 4.09. The summed E-state index contributed by atoms with van der Waals surface area (Å²) in [5.41, 5.74) is -4.85. The van der Waals surface area contributed by atoms with Gasteiger partial charge < -0.3 is 18.9 Å². The number of hydrogen-bond donors (Lipinski definition) is 0. The van der Waals surface area contributed by atoms with Gasteiger partial charge in [-0.15, -0.1) is 0 Å². The Morgan fingerprint density at radius 3 is 0.833 bits per heavy atom. The van der Waals surface area contributed by atoms with Crippen LogP contribution >= 0.6 is 0 Å². The topological polar surface area (TPSA) is 105 Å². The van der Waals surface area contributed by atoms with Crippen LogP contribution in [0.4, 0.5) is 8.78 Å². The SMILES string of the molecule is COC(=O)c1c(F)c(C(=O)OC)c(C(=O)OC)c(F)c1C(=O)OC. The zero-order chi connectivity index (χ0) is 18.6. The minimum Gasteiger partial charge on any atom is -0.465 e. The molecule has 0 aromatic heterocycles. The van der Waals surface area contributed by atoms with Crippen molar-refractivity contribution < 1.29 is 46.9 Å². The highest BCUT2D eigenvalue weighted by Crippen LogP contribution is 2.29. The molecule has 0 spiro atoms. The normalized spacial score (nSPS) is 9.92. The zero-order valence-corrected chi connectivity index (χ0v) is 13.0. The highest BCUT2D eigenvalue weighted by molar-refractivity contribution is 6.11. The third-order valence-corrected chi connectivity index (χ3v) is 2.94. The lowest BCUT2D eigenvalue weighted by molar-refractivity contribution is 0.0521. The summed E-state index contributed by atoms with van der Waals surface area (Å²) in [6.07, 6.45) is 0. The fraction of sp³-hybridized carbons (Fsp3) is 0.286. The predicted octanol–water partition coefficient (Wildman–Crippen LogP) is 1.11. The van der Waals surface area contributed by atoms with Crippen LogP contribution in [-0.2, 0) is 18.9 Å². The molecule has 0 atom stereocenters. The van der Waals surface area contributed by atoms with Crippen molar-refractivity contribution in [3.63, 3.8) is 0 Å². The number of benzene rings is 1. The minimum atomic E-state index is -1.68. The van der Waals surface area contributed by atoms with Gasteiger partial charge in [-0.1, -0.05) is 0 Å². The Kier molecular flexibility index (Phi) is 5.93. The first kappa shape index (κ1) is 19.0. The van der Waals surface area contributed by atoms with Crippen molar-refractivity contribution in [2.45, 2.75) is 0 Å². The van der Waals surface area contributed by atoms with E-state index in [1.54, 1.807) is 0 Å². The monoisotopic (exact) mass is 346 g/mol. The zero-order valence-electron chi connectivity index (χ0n) is 13.0. The average molecular weight is 346 g/mol. The fourth-order valence-electron chi connectivity index (χ4n) is 1.86. The van der Waals surface area contributed by atoms with Gasteiger partial charge in [0.25, 0.3) is 0 Å². The number of rotatable bonds is 4. The lowest BCUT2D eigenvalue weighted by atomic mass is 9.95. The van der Waals surface area contributed by atoms with Crippen LogP contribution in [0.3, 0.4) is 0 Å². The van der Waals surface area contributed by atoms with E-state index < -0.39 is 57.8 Å². The van der Waals surface area contributed by atoms with E-state index in [1.807, 2.05) is 0 Å². The summed E-state index contributed by atoms with van der Waals surface area (Å²) in [4.78, 5) is 46.9. The van der Waals surface area contributed by atoms with E-state index in [-0.39, 0.29) is 0 Å². The molecule has 0 aliphatic heterocycles. The summed E-state index contributed by atoms with van der Waals surface area (Å²) < 4.78 is 46.4. The summed E-state index contributed by atoms with van der Waals surface area (Å²) in [7, 11) is 3.36. The number of halogens is 2. The molecular weight excluding hydrogens is 334 g/mol. The lowest BCUT2D eigenvalue weighted by Crippen LogP contribution is -2.25. The molecule has 0 amide bonds. The summed E-state index contributed by atoms with van der Waals surface area (Å²) in [6.45, 7) is 0. The maximum atomic E-state index is 14.7. The molecule has 0 radical (unpaired) electrons.